The molecule has 0 bridgehead atoms. The summed E-state index contributed by atoms with van der Waals surface area (Å²) in [7, 11) is 0. The van der Waals surface area contributed by atoms with Crippen LogP contribution in [0.4, 0.5) is 4.39 Å². The van der Waals surface area contributed by atoms with Gasteiger partial charge in [0, 0.05) is 23.5 Å². The van der Waals surface area contributed by atoms with Crippen molar-refractivity contribution in [3.63, 3.8) is 0 Å². The van der Waals surface area contributed by atoms with Crippen molar-refractivity contribution in [1.82, 2.24) is 19.6 Å². The van der Waals surface area contributed by atoms with Crippen LogP contribution in [0.15, 0.2) is 79.4 Å². The van der Waals surface area contributed by atoms with Crippen LogP contribution in [-0.2, 0) is 6.54 Å². The zero-order chi connectivity index (χ0) is 16.4. The maximum absolute atomic E-state index is 13.0. The van der Waals surface area contributed by atoms with E-state index in [4.69, 9.17) is 0 Å². The first kappa shape index (κ1) is 14.4. The smallest absolute Gasteiger partial charge is 0.123 e. The lowest BCUT2D eigenvalue weighted by atomic mass is 10.2. The zero-order valence-corrected chi connectivity index (χ0v) is 12.9. The molecule has 0 aliphatic carbocycles. The Kier molecular flexibility index (Phi) is 3.67. The van der Waals surface area contributed by atoms with E-state index in [-0.39, 0.29) is 5.82 Å². The summed E-state index contributed by atoms with van der Waals surface area (Å²) in [5, 5.41) is 8.75. The number of hydrogen-bond acceptors (Lipinski definition) is 2. The van der Waals surface area contributed by atoms with Crippen LogP contribution in [0.1, 0.15) is 5.56 Å². The third-order valence-corrected chi connectivity index (χ3v) is 3.83. The monoisotopic (exact) mass is 318 g/mol. The van der Waals surface area contributed by atoms with Crippen LogP contribution in [0.3, 0.4) is 0 Å². The normalized spacial score (nSPS) is 10.9. The molecule has 0 saturated heterocycles. The molecule has 118 valence electrons. The number of aromatic nitrogens is 4. The van der Waals surface area contributed by atoms with Gasteiger partial charge < -0.3 is 0 Å². The molecule has 24 heavy (non-hydrogen) atoms. The molecule has 0 amide bonds. The predicted octanol–water partition coefficient (Wildman–Crippen LogP) is 3.92. The van der Waals surface area contributed by atoms with Crippen molar-refractivity contribution in [2.45, 2.75) is 6.54 Å². The molecule has 0 aliphatic heterocycles. The summed E-state index contributed by atoms with van der Waals surface area (Å²) in [6.45, 7) is 0.729. The first-order chi connectivity index (χ1) is 11.8. The molecule has 4 aromatic rings. The lowest BCUT2D eigenvalue weighted by Crippen LogP contribution is -1.99. The minimum atomic E-state index is -0.256. The fourth-order valence-electron chi connectivity index (χ4n) is 2.58. The Hall–Kier alpha value is -3.21. The van der Waals surface area contributed by atoms with Crippen molar-refractivity contribution in [2.75, 3.05) is 0 Å². The Morgan fingerprint density at radius 3 is 2.29 bits per heavy atom. The maximum atomic E-state index is 13.0. The molecule has 2 aromatic heterocycles. The van der Waals surface area contributed by atoms with Gasteiger partial charge in [-0.15, -0.1) is 0 Å². The van der Waals surface area contributed by atoms with Gasteiger partial charge in [-0.1, -0.05) is 30.3 Å². The molecule has 4 rings (SSSR count). The Balaban J connectivity index is 1.56. The number of hydrogen-bond donors (Lipinski definition) is 0. The van der Waals surface area contributed by atoms with Gasteiger partial charge in [0.1, 0.15) is 5.82 Å². The average molecular weight is 318 g/mol. The molecule has 0 N–H and O–H groups in total. The fraction of sp³-hybridized carbons (Fsp3) is 0.0526. The second-order valence-electron chi connectivity index (χ2n) is 5.56. The molecule has 5 heteroatoms. The lowest BCUT2D eigenvalue weighted by Gasteiger charge is -2.00. The molecule has 2 aromatic carbocycles. The topological polar surface area (TPSA) is 35.6 Å². The van der Waals surface area contributed by atoms with Crippen molar-refractivity contribution < 1.29 is 4.39 Å². The summed E-state index contributed by atoms with van der Waals surface area (Å²) in [4.78, 5) is 0. The van der Waals surface area contributed by atoms with Gasteiger partial charge in [0.15, 0.2) is 0 Å². The van der Waals surface area contributed by atoms with Crippen molar-refractivity contribution in [2.24, 2.45) is 0 Å². The van der Waals surface area contributed by atoms with Gasteiger partial charge in [-0.05, 0) is 29.8 Å². The fourth-order valence-corrected chi connectivity index (χ4v) is 2.58. The summed E-state index contributed by atoms with van der Waals surface area (Å²) in [6.07, 6.45) is 7.53. The molecule has 0 fully saturated rings. The molecule has 0 aliphatic rings. The van der Waals surface area contributed by atoms with Crippen molar-refractivity contribution in [3.8, 4) is 16.8 Å². The molecular weight excluding hydrogens is 303 g/mol. The quantitative estimate of drug-likeness (QED) is 0.572. The summed E-state index contributed by atoms with van der Waals surface area (Å²) in [5.41, 5.74) is 3.99. The minimum Gasteiger partial charge on any atom is -0.268 e. The summed E-state index contributed by atoms with van der Waals surface area (Å²) in [5.74, 6) is -0.256. The van der Waals surface area contributed by atoms with E-state index < -0.39 is 0 Å². The zero-order valence-electron chi connectivity index (χ0n) is 12.9. The van der Waals surface area contributed by atoms with Crippen LogP contribution in [0.5, 0.6) is 0 Å². The van der Waals surface area contributed by atoms with E-state index in [1.165, 1.54) is 17.7 Å². The van der Waals surface area contributed by atoms with E-state index >= 15 is 0 Å². The van der Waals surface area contributed by atoms with Gasteiger partial charge in [-0.2, -0.15) is 10.2 Å². The standard InChI is InChI=1S/C19H15FN4/c20-18-6-8-19(9-7-18)24-14-17(11-22-24)16-10-21-23(13-16)12-15-4-2-1-3-5-15/h1-11,13-14H,12H2. The van der Waals surface area contributed by atoms with E-state index in [1.807, 2.05) is 41.5 Å². The Morgan fingerprint density at radius 1 is 0.792 bits per heavy atom. The van der Waals surface area contributed by atoms with E-state index in [1.54, 1.807) is 23.0 Å². The van der Waals surface area contributed by atoms with Crippen LogP contribution in [0, 0.1) is 5.82 Å². The predicted molar refractivity (Wildman–Crippen MR) is 90.3 cm³/mol. The molecule has 0 atom stereocenters. The van der Waals surface area contributed by atoms with E-state index in [9.17, 15) is 4.39 Å². The van der Waals surface area contributed by atoms with Gasteiger partial charge in [-0.25, -0.2) is 9.07 Å². The van der Waals surface area contributed by atoms with E-state index in [0.29, 0.717) is 0 Å². The van der Waals surface area contributed by atoms with Crippen LogP contribution in [-0.4, -0.2) is 19.6 Å². The molecule has 0 radical (unpaired) electrons. The first-order valence-corrected chi connectivity index (χ1v) is 7.65. The molecule has 0 spiro atoms. The Bertz CT molecular complexity index is 939. The van der Waals surface area contributed by atoms with Crippen molar-refractivity contribution in [1.29, 1.82) is 0 Å². The average Bonchev–Trinajstić information content (AvgIpc) is 3.26. The largest absolute Gasteiger partial charge is 0.268 e. The number of nitrogens with zero attached hydrogens (tertiary/aromatic N) is 4. The van der Waals surface area contributed by atoms with Crippen molar-refractivity contribution >= 4 is 0 Å². The third kappa shape index (κ3) is 2.96. The highest BCUT2D eigenvalue weighted by atomic mass is 19.1. The van der Waals surface area contributed by atoms with Crippen LogP contribution in [0.2, 0.25) is 0 Å². The lowest BCUT2D eigenvalue weighted by molar-refractivity contribution is 0.627. The summed E-state index contributed by atoms with van der Waals surface area (Å²) >= 11 is 0. The highest BCUT2D eigenvalue weighted by Crippen LogP contribution is 2.20. The van der Waals surface area contributed by atoms with Crippen LogP contribution in [0.25, 0.3) is 16.8 Å². The van der Waals surface area contributed by atoms with Crippen LogP contribution < -0.4 is 0 Å². The molecule has 2 heterocycles. The van der Waals surface area contributed by atoms with Crippen molar-refractivity contribution in [3.05, 3.63) is 90.8 Å². The van der Waals surface area contributed by atoms with E-state index in [0.717, 1.165) is 23.4 Å². The Labute approximate surface area is 138 Å². The third-order valence-electron chi connectivity index (χ3n) is 3.83. The Morgan fingerprint density at radius 2 is 1.50 bits per heavy atom. The SMILES string of the molecule is Fc1ccc(-n2cc(-c3cnn(Cc4ccccc4)c3)cn2)cc1. The van der Waals surface area contributed by atoms with Gasteiger partial charge in [0.05, 0.1) is 24.6 Å². The highest BCUT2D eigenvalue weighted by molar-refractivity contribution is 5.60. The molecular formula is C19H15FN4. The van der Waals surface area contributed by atoms with Gasteiger partial charge in [0.25, 0.3) is 0 Å². The van der Waals surface area contributed by atoms with Crippen LogP contribution >= 0.6 is 0 Å². The summed E-state index contributed by atoms with van der Waals surface area (Å²) in [6, 6.07) is 16.4. The second-order valence-corrected chi connectivity index (χ2v) is 5.56. The highest BCUT2D eigenvalue weighted by Gasteiger charge is 2.06. The summed E-state index contributed by atoms with van der Waals surface area (Å²) < 4.78 is 16.6. The first-order valence-electron chi connectivity index (χ1n) is 7.65. The number of halogens is 1. The number of benzene rings is 2. The van der Waals surface area contributed by atoms with E-state index in [2.05, 4.69) is 22.3 Å². The minimum absolute atomic E-state index is 0.256. The molecule has 0 unspecified atom stereocenters. The number of rotatable bonds is 4. The van der Waals surface area contributed by atoms with Gasteiger partial charge >= 0.3 is 0 Å². The molecule has 0 saturated carbocycles. The second kappa shape index (κ2) is 6.12. The van der Waals surface area contributed by atoms with Gasteiger partial charge in [0.2, 0.25) is 0 Å². The van der Waals surface area contributed by atoms with Gasteiger partial charge in [-0.3, -0.25) is 4.68 Å². The molecule has 4 nitrogen and oxygen atoms in total. The maximum Gasteiger partial charge on any atom is 0.123 e.